The van der Waals surface area contributed by atoms with Crippen LogP contribution in [0.4, 0.5) is 5.69 Å². The van der Waals surface area contributed by atoms with Crippen molar-refractivity contribution in [2.45, 2.75) is 17.6 Å². The molecule has 1 amide bonds. The van der Waals surface area contributed by atoms with Gasteiger partial charge in [0.2, 0.25) is 5.01 Å². The number of ether oxygens (including phenoxy) is 1. The third-order valence-electron chi connectivity index (χ3n) is 3.36. The first kappa shape index (κ1) is 17.4. The number of benzene rings is 2. The van der Waals surface area contributed by atoms with E-state index in [1.54, 1.807) is 43.1 Å². The van der Waals surface area contributed by atoms with Crippen LogP contribution < -0.4 is 10.1 Å². The summed E-state index contributed by atoms with van der Waals surface area (Å²) in [7, 11) is 1.60. The average molecular weight is 371 g/mol. The summed E-state index contributed by atoms with van der Waals surface area (Å²) in [5.74, 6) is 1.18. The normalized spacial score (nSPS) is 10.5. The van der Waals surface area contributed by atoms with E-state index in [0.29, 0.717) is 16.4 Å². The maximum absolute atomic E-state index is 12.3. The minimum Gasteiger partial charge on any atom is -0.497 e. The fraction of sp³-hybridized carbons (Fsp3) is 0.167. The number of carbonyl (C=O) groups excluding carboxylic acids is 1. The summed E-state index contributed by atoms with van der Waals surface area (Å²) in [5.41, 5.74) is 1.92. The van der Waals surface area contributed by atoms with Gasteiger partial charge in [-0.2, -0.15) is 0 Å². The van der Waals surface area contributed by atoms with E-state index in [1.807, 2.05) is 6.07 Å². The van der Waals surface area contributed by atoms with E-state index in [-0.39, 0.29) is 5.91 Å². The van der Waals surface area contributed by atoms with Gasteiger partial charge in [0.15, 0.2) is 0 Å². The van der Waals surface area contributed by atoms with Crippen LogP contribution in [0.1, 0.15) is 20.4 Å². The molecule has 3 aromatic rings. The third-order valence-corrected chi connectivity index (χ3v) is 5.47. The second kappa shape index (κ2) is 8.13. The van der Waals surface area contributed by atoms with Gasteiger partial charge in [0.1, 0.15) is 10.8 Å². The molecule has 2 aromatic carbocycles. The van der Waals surface area contributed by atoms with Gasteiger partial charge in [0.25, 0.3) is 5.91 Å². The summed E-state index contributed by atoms with van der Waals surface area (Å²) < 4.78 is 5.10. The number of aryl methyl sites for hydroxylation is 1. The summed E-state index contributed by atoms with van der Waals surface area (Å²) >= 11 is 2.99. The molecule has 1 N–H and O–H groups in total. The van der Waals surface area contributed by atoms with Gasteiger partial charge in [-0.1, -0.05) is 29.0 Å². The third kappa shape index (κ3) is 4.80. The number of thioether (sulfide) groups is 1. The van der Waals surface area contributed by atoms with Crippen molar-refractivity contribution in [3.05, 3.63) is 64.1 Å². The molecule has 0 atom stereocenters. The summed E-state index contributed by atoms with van der Waals surface area (Å²) in [6.45, 7) is 2.07. The van der Waals surface area contributed by atoms with E-state index in [0.717, 1.165) is 10.8 Å². The Kier molecular flexibility index (Phi) is 5.67. The molecule has 0 spiro atoms. The van der Waals surface area contributed by atoms with Crippen LogP contribution in [-0.4, -0.2) is 23.2 Å². The Labute approximate surface area is 154 Å². The number of hydrogen-bond acceptors (Lipinski definition) is 6. The second-order valence-electron chi connectivity index (χ2n) is 5.29. The lowest BCUT2D eigenvalue weighted by Crippen LogP contribution is -2.11. The van der Waals surface area contributed by atoms with Gasteiger partial charge in [-0.05, 0) is 43.3 Å². The number of amides is 1. The van der Waals surface area contributed by atoms with Crippen LogP contribution >= 0.6 is 23.1 Å². The summed E-state index contributed by atoms with van der Waals surface area (Å²) in [6, 6.07) is 15.4. The fourth-order valence-corrected chi connectivity index (χ4v) is 3.85. The van der Waals surface area contributed by atoms with E-state index in [9.17, 15) is 4.79 Å². The maximum atomic E-state index is 12.3. The van der Waals surface area contributed by atoms with E-state index < -0.39 is 0 Å². The zero-order valence-electron chi connectivity index (χ0n) is 13.9. The van der Waals surface area contributed by atoms with Crippen molar-refractivity contribution in [1.82, 2.24) is 10.2 Å². The largest absolute Gasteiger partial charge is 0.497 e. The van der Waals surface area contributed by atoms with Crippen LogP contribution in [0.2, 0.25) is 0 Å². The fourth-order valence-electron chi connectivity index (χ4n) is 2.11. The number of anilines is 1. The monoisotopic (exact) mass is 371 g/mol. The molecule has 1 heterocycles. The first-order chi connectivity index (χ1) is 12.1. The SMILES string of the molecule is COc1ccc(NC(=O)c2nnc(CSc3cccc(C)c3)s2)cc1. The zero-order chi connectivity index (χ0) is 17.6. The standard InChI is InChI=1S/C18H17N3O2S2/c1-12-4-3-5-15(10-12)24-11-16-20-21-18(25-16)17(22)19-13-6-8-14(23-2)9-7-13/h3-10H,11H2,1-2H3,(H,19,22). The summed E-state index contributed by atoms with van der Waals surface area (Å²) in [4.78, 5) is 13.4. The van der Waals surface area contributed by atoms with E-state index in [4.69, 9.17) is 4.74 Å². The Morgan fingerprint density at radius 1 is 1.20 bits per heavy atom. The minimum absolute atomic E-state index is 0.255. The number of carbonyl (C=O) groups is 1. The Morgan fingerprint density at radius 2 is 2.00 bits per heavy atom. The first-order valence-corrected chi connectivity index (χ1v) is 9.41. The van der Waals surface area contributed by atoms with Crippen LogP contribution in [-0.2, 0) is 5.75 Å². The summed E-state index contributed by atoms with van der Waals surface area (Å²) in [6.07, 6.45) is 0. The van der Waals surface area contributed by atoms with Gasteiger partial charge < -0.3 is 10.1 Å². The van der Waals surface area contributed by atoms with Gasteiger partial charge in [0, 0.05) is 10.6 Å². The minimum atomic E-state index is -0.255. The zero-order valence-corrected chi connectivity index (χ0v) is 15.5. The average Bonchev–Trinajstić information content (AvgIpc) is 3.10. The predicted molar refractivity (Wildman–Crippen MR) is 102 cm³/mol. The molecule has 5 nitrogen and oxygen atoms in total. The molecule has 7 heteroatoms. The predicted octanol–water partition coefficient (Wildman–Crippen LogP) is 4.40. The van der Waals surface area contributed by atoms with Crippen molar-refractivity contribution in [1.29, 1.82) is 0 Å². The molecule has 0 saturated carbocycles. The molecule has 0 aliphatic heterocycles. The Morgan fingerprint density at radius 3 is 2.72 bits per heavy atom. The number of nitrogens with one attached hydrogen (secondary N) is 1. The van der Waals surface area contributed by atoms with Crippen LogP contribution in [0.25, 0.3) is 0 Å². The molecule has 0 radical (unpaired) electrons. The molecular weight excluding hydrogens is 354 g/mol. The molecule has 25 heavy (non-hydrogen) atoms. The highest BCUT2D eigenvalue weighted by molar-refractivity contribution is 7.98. The first-order valence-electron chi connectivity index (χ1n) is 7.61. The van der Waals surface area contributed by atoms with Crippen LogP contribution in [0.15, 0.2) is 53.4 Å². The molecule has 0 aliphatic carbocycles. The van der Waals surface area contributed by atoms with Crippen molar-refractivity contribution >= 4 is 34.7 Å². The number of methoxy groups -OCH3 is 1. The molecule has 0 aliphatic rings. The molecule has 1 aromatic heterocycles. The Hall–Kier alpha value is -2.38. The van der Waals surface area contributed by atoms with Gasteiger partial charge in [-0.3, -0.25) is 4.79 Å². The van der Waals surface area contributed by atoms with Crippen LogP contribution in [0.3, 0.4) is 0 Å². The van der Waals surface area contributed by atoms with Crippen molar-refractivity contribution in [2.24, 2.45) is 0 Å². The van der Waals surface area contributed by atoms with Crippen molar-refractivity contribution < 1.29 is 9.53 Å². The quantitative estimate of drug-likeness (QED) is 0.651. The smallest absolute Gasteiger partial charge is 0.286 e. The van der Waals surface area contributed by atoms with Crippen molar-refractivity contribution in [3.63, 3.8) is 0 Å². The van der Waals surface area contributed by atoms with Crippen molar-refractivity contribution in [2.75, 3.05) is 12.4 Å². The molecule has 0 fully saturated rings. The molecular formula is C18H17N3O2S2. The van der Waals surface area contributed by atoms with Gasteiger partial charge in [0.05, 0.1) is 12.9 Å². The lowest BCUT2D eigenvalue weighted by Gasteiger charge is -2.04. The molecule has 3 rings (SSSR count). The number of hydrogen-bond donors (Lipinski definition) is 1. The van der Waals surface area contributed by atoms with Gasteiger partial charge in [-0.15, -0.1) is 22.0 Å². The Bertz CT molecular complexity index is 863. The lowest BCUT2D eigenvalue weighted by molar-refractivity contribution is 0.102. The molecule has 0 saturated heterocycles. The highest BCUT2D eigenvalue weighted by Crippen LogP contribution is 2.25. The van der Waals surface area contributed by atoms with Crippen LogP contribution in [0, 0.1) is 6.92 Å². The number of rotatable bonds is 6. The van der Waals surface area contributed by atoms with Gasteiger partial charge in [-0.25, -0.2) is 0 Å². The highest BCUT2D eigenvalue weighted by atomic mass is 32.2. The van der Waals surface area contributed by atoms with Crippen LogP contribution in [0.5, 0.6) is 5.75 Å². The Balaban J connectivity index is 1.59. The molecule has 128 valence electrons. The maximum Gasteiger partial charge on any atom is 0.286 e. The van der Waals surface area contributed by atoms with Crippen molar-refractivity contribution in [3.8, 4) is 5.75 Å². The number of nitrogens with zero attached hydrogens (tertiary/aromatic N) is 2. The highest BCUT2D eigenvalue weighted by Gasteiger charge is 2.13. The number of aromatic nitrogens is 2. The van der Waals surface area contributed by atoms with E-state index in [1.165, 1.54) is 21.8 Å². The topological polar surface area (TPSA) is 64.1 Å². The summed E-state index contributed by atoms with van der Waals surface area (Å²) in [5, 5.41) is 12.1. The van der Waals surface area contributed by atoms with Gasteiger partial charge >= 0.3 is 0 Å². The van der Waals surface area contributed by atoms with E-state index >= 15 is 0 Å². The lowest BCUT2D eigenvalue weighted by atomic mass is 10.2. The molecule has 0 unspecified atom stereocenters. The van der Waals surface area contributed by atoms with E-state index in [2.05, 4.69) is 40.6 Å². The molecule has 0 bridgehead atoms. The second-order valence-corrected chi connectivity index (χ2v) is 7.40.